The van der Waals surface area contributed by atoms with Crippen LogP contribution in [0.5, 0.6) is 5.75 Å². The summed E-state index contributed by atoms with van der Waals surface area (Å²) in [5.41, 5.74) is 2.19. The molecule has 1 aliphatic carbocycles. The Balaban J connectivity index is 2.32. The Labute approximate surface area is 177 Å². The molecule has 1 N–H and O–H groups in total. The van der Waals surface area contributed by atoms with Crippen LogP contribution >= 0.6 is 0 Å². The van der Waals surface area contributed by atoms with Crippen molar-refractivity contribution in [2.75, 3.05) is 0 Å². The van der Waals surface area contributed by atoms with Crippen LogP contribution in [0.15, 0.2) is 12.1 Å². The molecule has 0 radical (unpaired) electrons. The Morgan fingerprint density at radius 1 is 0.821 bits per heavy atom. The van der Waals surface area contributed by atoms with E-state index in [1.807, 2.05) is 0 Å². The van der Waals surface area contributed by atoms with Gasteiger partial charge < -0.3 is 5.11 Å². The quantitative estimate of drug-likeness (QED) is 0.574. The van der Waals surface area contributed by atoms with Crippen molar-refractivity contribution in [2.24, 2.45) is 17.8 Å². The molecule has 1 aromatic carbocycles. The molecule has 160 valence electrons. The standard InChI is InChI=1S/C26H46OSi/c1-17(2)18-11-13-19(14-12-18)26(9,10)28-20-15-21(24(3,4)5)23(27)22(16-20)25(6,7)8/h15-19,27H,11-14,28H2,1-10H3. The van der Waals surface area contributed by atoms with Crippen molar-refractivity contribution in [3.63, 3.8) is 0 Å². The number of benzene rings is 1. The van der Waals surface area contributed by atoms with Crippen molar-refractivity contribution in [1.82, 2.24) is 0 Å². The normalized spacial score (nSPS) is 22.4. The van der Waals surface area contributed by atoms with Gasteiger partial charge in [-0.05, 0) is 70.4 Å². The van der Waals surface area contributed by atoms with Crippen molar-refractivity contribution >= 4 is 14.7 Å². The maximum atomic E-state index is 11.0. The van der Waals surface area contributed by atoms with Crippen molar-refractivity contribution in [2.45, 2.75) is 111 Å². The molecule has 0 unspecified atom stereocenters. The Hall–Kier alpha value is -0.763. The zero-order valence-corrected chi connectivity index (χ0v) is 21.8. The van der Waals surface area contributed by atoms with Gasteiger partial charge in [0, 0.05) is 0 Å². The van der Waals surface area contributed by atoms with E-state index in [0.29, 0.717) is 10.8 Å². The molecule has 1 nitrogen and oxygen atoms in total. The molecule has 0 atom stereocenters. The molecule has 1 fully saturated rings. The fourth-order valence-corrected chi connectivity index (χ4v) is 7.54. The summed E-state index contributed by atoms with van der Waals surface area (Å²) in [5, 5.41) is 13.0. The zero-order chi connectivity index (χ0) is 21.5. The van der Waals surface area contributed by atoms with E-state index in [9.17, 15) is 5.11 Å². The topological polar surface area (TPSA) is 20.2 Å². The molecule has 0 aromatic heterocycles. The number of rotatable bonds is 4. The van der Waals surface area contributed by atoms with Gasteiger partial charge in [0.2, 0.25) is 0 Å². The highest BCUT2D eigenvalue weighted by atomic mass is 28.2. The van der Waals surface area contributed by atoms with Gasteiger partial charge in [0.05, 0.1) is 9.52 Å². The van der Waals surface area contributed by atoms with Gasteiger partial charge in [0.1, 0.15) is 5.75 Å². The van der Waals surface area contributed by atoms with E-state index < -0.39 is 9.52 Å². The molecule has 28 heavy (non-hydrogen) atoms. The minimum absolute atomic E-state index is 0.0338. The minimum atomic E-state index is -0.450. The van der Waals surface area contributed by atoms with E-state index in [-0.39, 0.29) is 10.8 Å². The first-order valence-corrected chi connectivity index (χ1v) is 12.9. The Kier molecular flexibility index (Phi) is 6.86. The lowest BCUT2D eigenvalue weighted by atomic mass is 9.73. The summed E-state index contributed by atoms with van der Waals surface area (Å²) in [6.45, 7) is 23.2. The van der Waals surface area contributed by atoms with Crippen molar-refractivity contribution in [3.8, 4) is 5.75 Å². The monoisotopic (exact) mass is 402 g/mol. The fourth-order valence-electron chi connectivity index (χ4n) is 5.18. The molecule has 0 bridgehead atoms. The predicted octanol–water partition coefficient (Wildman–Crippen LogP) is 6.44. The van der Waals surface area contributed by atoms with Crippen LogP contribution in [-0.2, 0) is 10.8 Å². The third-order valence-electron chi connectivity index (χ3n) is 7.27. The van der Waals surface area contributed by atoms with Crippen LogP contribution in [-0.4, -0.2) is 14.6 Å². The van der Waals surface area contributed by atoms with Gasteiger partial charge in [-0.3, -0.25) is 0 Å². The average molecular weight is 403 g/mol. The number of phenols is 1. The summed E-state index contributed by atoms with van der Waals surface area (Å²) in [7, 11) is -0.450. The lowest BCUT2D eigenvalue weighted by Crippen LogP contribution is -2.35. The molecule has 2 rings (SSSR count). The minimum Gasteiger partial charge on any atom is -0.507 e. The summed E-state index contributed by atoms with van der Waals surface area (Å²) < 4.78 is 0. The summed E-state index contributed by atoms with van der Waals surface area (Å²) in [5.74, 6) is 3.15. The lowest BCUT2D eigenvalue weighted by Gasteiger charge is -2.40. The molecule has 0 aliphatic heterocycles. The van der Waals surface area contributed by atoms with E-state index in [4.69, 9.17) is 0 Å². The van der Waals surface area contributed by atoms with Crippen molar-refractivity contribution < 1.29 is 5.11 Å². The van der Waals surface area contributed by atoms with E-state index in [2.05, 4.69) is 81.4 Å². The van der Waals surface area contributed by atoms with Gasteiger partial charge in [-0.25, -0.2) is 0 Å². The second-order valence-corrected chi connectivity index (χ2v) is 15.6. The first kappa shape index (κ1) is 23.5. The number of hydrogen-bond acceptors (Lipinski definition) is 1. The molecule has 0 saturated heterocycles. The molecule has 2 heteroatoms. The van der Waals surface area contributed by atoms with Gasteiger partial charge >= 0.3 is 0 Å². The van der Waals surface area contributed by atoms with Crippen LogP contribution < -0.4 is 5.19 Å². The first-order valence-electron chi connectivity index (χ1n) is 11.5. The van der Waals surface area contributed by atoms with E-state index in [1.165, 1.54) is 30.9 Å². The fraction of sp³-hybridized carbons (Fsp3) is 0.769. The Morgan fingerprint density at radius 3 is 1.61 bits per heavy atom. The summed E-state index contributed by atoms with van der Waals surface area (Å²) in [6.07, 6.45) is 5.63. The number of aromatic hydroxyl groups is 1. The van der Waals surface area contributed by atoms with E-state index >= 15 is 0 Å². The third-order valence-corrected chi connectivity index (χ3v) is 9.57. The van der Waals surface area contributed by atoms with Crippen molar-refractivity contribution in [3.05, 3.63) is 23.3 Å². The highest BCUT2D eigenvalue weighted by Crippen LogP contribution is 2.46. The molecule has 0 spiro atoms. The molecule has 0 heterocycles. The van der Waals surface area contributed by atoms with Gasteiger partial charge in [-0.15, -0.1) is 0 Å². The maximum absolute atomic E-state index is 11.0. The average Bonchev–Trinajstić information content (AvgIpc) is 2.54. The first-order chi connectivity index (χ1) is 12.6. The Bertz CT molecular complexity index is 630. The summed E-state index contributed by atoms with van der Waals surface area (Å²) in [6, 6.07) is 4.69. The summed E-state index contributed by atoms with van der Waals surface area (Å²) >= 11 is 0. The van der Waals surface area contributed by atoms with Crippen LogP contribution in [0.3, 0.4) is 0 Å². The van der Waals surface area contributed by atoms with Gasteiger partial charge in [0.25, 0.3) is 0 Å². The van der Waals surface area contributed by atoms with E-state index in [1.54, 1.807) is 0 Å². The smallest absolute Gasteiger partial charge is 0.123 e. The van der Waals surface area contributed by atoms with Crippen molar-refractivity contribution in [1.29, 1.82) is 0 Å². The summed E-state index contributed by atoms with van der Waals surface area (Å²) in [4.78, 5) is 0. The number of phenolic OH excluding ortho intramolecular Hbond substituents is 1. The van der Waals surface area contributed by atoms with E-state index in [0.717, 1.165) is 28.9 Å². The van der Waals surface area contributed by atoms with Gasteiger partial charge in [-0.2, -0.15) is 0 Å². The molecule has 1 saturated carbocycles. The Morgan fingerprint density at radius 2 is 1.25 bits per heavy atom. The lowest BCUT2D eigenvalue weighted by molar-refractivity contribution is 0.195. The second-order valence-electron chi connectivity index (χ2n) is 12.6. The van der Waals surface area contributed by atoms with Crippen LogP contribution in [0.4, 0.5) is 0 Å². The van der Waals surface area contributed by atoms with Gasteiger partial charge in [0.15, 0.2) is 0 Å². The van der Waals surface area contributed by atoms with Crippen LogP contribution in [0.25, 0.3) is 0 Å². The highest BCUT2D eigenvalue weighted by molar-refractivity contribution is 6.56. The molecule has 0 amide bonds. The van der Waals surface area contributed by atoms with Crippen LogP contribution in [0.2, 0.25) is 5.04 Å². The highest BCUT2D eigenvalue weighted by Gasteiger charge is 2.35. The zero-order valence-electron chi connectivity index (χ0n) is 20.4. The molecule has 1 aliphatic rings. The molecular formula is C26H46OSi. The van der Waals surface area contributed by atoms with Gasteiger partial charge in [-0.1, -0.05) is 86.6 Å². The van der Waals surface area contributed by atoms with Crippen LogP contribution in [0, 0.1) is 17.8 Å². The van der Waals surface area contributed by atoms with Crippen LogP contribution in [0.1, 0.15) is 106 Å². The molecule has 1 aromatic rings. The largest absolute Gasteiger partial charge is 0.507 e. The third kappa shape index (κ3) is 5.43. The second kappa shape index (κ2) is 8.17. The SMILES string of the molecule is CC(C)C1CCC(C(C)(C)[SiH2]c2cc(C(C)(C)C)c(O)c(C(C)(C)C)c2)CC1. The predicted molar refractivity (Wildman–Crippen MR) is 128 cm³/mol. The maximum Gasteiger partial charge on any atom is 0.123 e. The molecular weight excluding hydrogens is 356 g/mol. The number of hydrogen-bond donors (Lipinski definition) is 1.